The molecule has 2 aliphatic heterocycles. The van der Waals surface area contributed by atoms with Gasteiger partial charge in [0.2, 0.25) is 0 Å². The number of hydrogen-bond donors (Lipinski definition) is 0. The van der Waals surface area contributed by atoms with Crippen molar-refractivity contribution >= 4 is 30.4 Å². The molecule has 0 aromatic heterocycles. The van der Waals surface area contributed by atoms with Gasteiger partial charge in [-0.15, -0.1) is 0 Å². The van der Waals surface area contributed by atoms with Crippen LogP contribution in [0.5, 0.6) is 0 Å². The maximum Gasteiger partial charge on any atom is 0.351 e. The Morgan fingerprint density at radius 2 is 1.65 bits per heavy atom. The standard InChI is InChI=1S/C19H20N3O3P/c1-2-12-22-18(23)16-10-6-7-11-17(16)21-14-13-20(19(24)26(21,22)25)15-8-4-3-5-9-15/h3-11H,2,12-14H2,1H3. The van der Waals surface area contributed by atoms with Gasteiger partial charge < -0.3 is 4.90 Å². The van der Waals surface area contributed by atoms with Crippen LogP contribution in [0.3, 0.4) is 0 Å². The minimum atomic E-state index is -3.74. The van der Waals surface area contributed by atoms with Crippen molar-refractivity contribution in [2.24, 2.45) is 0 Å². The van der Waals surface area contributed by atoms with E-state index in [9.17, 15) is 14.2 Å². The van der Waals surface area contributed by atoms with E-state index >= 15 is 0 Å². The lowest BCUT2D eigenvalue weighted by molar-refractivity contribution is 0.0854. The molecular weight excluding hydrogens is 349 g/mol. The molecule has 7 heteroatoms. The van der Waals surface area contributed by atoms with Gasteiger partial charge in [0, 0.05) is 25.3 Å². The number of nitrogens with zero attached hydrogens (tertiary/aromatic N) is 3. The topological polar surface area (TPSA) is 60.9 Å². The number of anilines is 2. The highest BCUT2D eigenvalue weighted by atomic mass is 31.2. The summed E-state index contributed by atoms with van der Waals surface area (Å²) in [6.45, 7) is 3.04. The summed E-state index contributed by atoms with van der Waals surface area (Å²) in [5, 5.41) is 0. The summed E-state index contributed by atoms with van der Waals surface area (Å²) >= 11 is 0. The van der Waals surface area contributed by atoms with Crippen LogP contribution in [-0.4, -0.2) is 35.9 Å². The molecule has 2 heterocycles. The van der Waals surface area contributed by atoms with Crippen molar-refractivity contribution in [1.82, 2.24) is 4.67 Å². The van der Waals surface area contributed by atoms with Crippen molar-refractivity contribution < 1.29 is 14.2 Å². The number of carbonyl (C=O) groups is 2. The van der Waals surface area contributed by atoms with E-state index in [1.807, 2.05) is 37.3 Å². The van der Waals surface area contributed by atoms with Gasteiger partial charge in [-0.1, -0.05) is 37.3 Å². The van der Waals surface area contributed by atoms with Crippen LogP contribution in [0.15, 0.2) is 54.6 Å². The average molecular weight is 369 g/mol. The van der Waals surface area contributed by atoms with Crippen LogP contribution in [0.1, 0.15) is 23.7 Å². The number of amides is 2. The van der Waals surface area contributed by atoms with E-state index in [1.165, 1.54) is 4.67 Å². The molecule has 0 aliphatic carbocycles. The average Bonchev–Trinajstić information content (AvgIpc) is 2.67. The first-order valence-electron chi connectivity index (χ1n) is 8.75. The second-order valence-electron chi connectivity index (χ2n) is 6.38. The third kappa shape index (κ3) is 2.29. The SMILES string of the molecule is CCCN1C(=O)c2ccccc2N2CCN(c3ccccc3)C(=O)P12=O. The monoisotopic (exact) mass is 369 g/mol. The highest BCUT2D eigenvalue weighted by Crippen LogP contribution is 2.62. The molecule has 1 unspecified atom stereocenters. The van der Waals surface area contributed by atoms with E-state index in [4.69, 9.17) is 0 Å². The van der Waals surface area contributed by atoms with Crippen molar-refractivity contribution in [3.63, 3.8) is 0 Å². The molecule has 2 aliphatic rings. The van der Waals surface area contributed by atoms with E-state index < -0.39 is 13.1 Å². The van der Waals surface area contributed by atoms with Gasteiger partial charge in [-0.05, 0) is 30.7 Å². The minimum Gasteiger partial charge on any atom is -0.301 e. The van der Waals surface area contributed by atoms with Crippen LogP contribution < -0.4 is 9.57 Å². The fourth-order valence-electron chi connectivity index (χ4n) is 3.62. The summed E-state index contributed by atoms with van der Waals surface area (Å²) in [7, 11) is -3.74. The molecule has 0 N–H and O–H groups in total. The van der Waals surface area contributed by atoms with E-state index in [0.717, 1.165) is 0 Å². The summed E-state index contributed by atoms with van der Waals surface area (Å²) in [5.74, 6) is -0.328. The fourth-order valence-corrected chi connectivity index (χ4v) is 6.48. The number of carbonyl (C=O) groups excluding carboxylic acids is 2. The van der Waals surface area contributed by atoms with Gasteiger partial charge in [0.05, 0.1) is 11.3 Å². The molecule has 0 spiro atoms. The van der Waals surface area contributed by atoms with Crippen LogP contribution >= 0.6 is 7.44 Å². The highest BCUT2D eigenvalue weighted by molar-refractivity contribution is 7.80. The Morgan fingerprint density at radius 1 is 0.962 bits per heavy atom. The summed E-state index contributed by atoms with van der Waals surface area (Å²) in [6.07, 6.45) is 0.629. The first-order chi connectivity index (χ1) is 12.6. The van der Waals surface area contributed by atoms with Crippen LogP contribution in [0.2, 0.25) is 0 Å². The molecule has 134 valence electrons. The molecule has 4 rings (SSSR count). The lowest BCUT2D eigenvalue weighted by Gasteiger charge is -2.48. The third-order valence-electron chi connectivity index (χ3n) is 4.82. The maximum absolute atomic E-state index is 14.1. The van der Waals surface area contributed by atoms with Crippen molar-refractivity contribution in [2.45, 2.75) is 13.3 Å². The Kier molecular flexibility index (Phi) is 4.08. The number of benzene rings is 2. The molecule has 2 amide bonds. The molecule has 2 aromatic rings. The smallest absolute Gasteiger partial charge is 0.301 e. The van der Waals surface area contributed by atoms with Gasteiger partial charge in [0.25, 0.3) is 5.91 Å². The fraction of sp³-hybridized carbons (Fsp3) is 0.263. The van der Waals surface area contributed by atoms with Gasteiger partial charge in [-0.25, -0.2) is 0 Å². The first-order valence-corrected chi connectivity index (χ1v) is 10.4. The zero-order valence-corrected chi connectivity index (χ0v) is 15.4. The Balaban J connectivity index is 1.85. The molecule has 2 aromatic carbocycles. The molecular formula is C19H20N3O3P. The van der Waals surface area contributed by atoms with Crippen LogP contribution in [0, 0.1) is 0 Å². The maximum atomic E-state index is 14.1. The largest absolute Gasteiger partial charge is 0.351 e. The summed E-state index contributed by atoms with van der Waals surface area (Å²) in [6, 6.07) is 16.3. The zero-order chi connectivity index (χ0) is 18.3. The molecule has 0 bridgehead atoms. The van der Waals surface area contributed by atoms with Gasteiger partial charge in [-0.2, -0.15) is 0 Å². The molecule has 6 nitrogen and oxygen atoms in total. The van der Waals surface area contributed by atoms with E-state index in [2.05, 4.69) is 0 Å². The van der Waals surface area contributed by atoms with Gasteiger partial charge >= 0.3 is 13.1 Å². The molecule has 0 saturated carbocycles. The third-order valence-corrected chi connectivity index (χ3v) is 7.67. The Morgan fingerprint density at radius 3 is 2.38 bits per heavy atom. The quantitative estimate of drug-likeness (QED) is 0.761. The number of rotatable bonds is 3. The van der Waals surface area contributed by atoms with Crippen molar-refractivity contribution in [3.8, 4) is 0 Å². The summed E-state index contributed by atoms with van der Waals surface area (Å²) in [4.78, 5) is 27.9. The van der Waals surface area contributed by atoms with Gasteiger partial charge in [0.15, 0.2) is 0 Å². The van der Waals surface area contributed by atoms with Crippen molar-refractivity contribution in [2.75, 3.05) is 29.2 Å². The van der Waals surface area contributed by atoms with Gasteiger partial charge in [-0.3, -0.25) is 23.5 Å². The predicted molar refractivity (Wildman–Crippen MR) is 102 cm³/mol. The lowest BCUT2D eigenvalue weighted by atomic mass is 10.1. The lowest BCUT2D eigenvalue weighted by Crippen LogP contribution is -2.54. The molecule has 1 saturated heterocycles. The molecule has 26 heavy (non-hydrogen) atoms. The van der Waals surface area contributed by atoms with E-state index in [1.54, 1.807) is 33.8 Å². The van der Waals surface area contributed by atoms with Crippen LogP contribution in [-0.2, 0) is 4.57 Å². The van der Waals surface area contributed by atoms with E-state index in [0.29, 0.717) is 36.4 Å². The minimum absolute atomic E-state index is 0.287. The number of hydrogen-bond acceptors (Lipinski definition) is 3. The second-order valence-corrected chi connectivity index (χ2v) is 8.82. The van der Waals surface area contributed by atoms with Crippen molar-refractivity contribution in [1.29, 1.82) is 0 Å². The zero-order valence-electron chi connectivity index (χ0n) is 14.5. The normalized spacial score (nSPS) is 22.3. The summed E-state index contributed by atoms with van der Waals surface area (Å²) < 4.78 is 17.0. The van der Waals surface area contributed by atoms with Crippen LogP contribution in [0.4, 0.5) is 16.2 Å². The van der Waals surface area contributed by atoms with Crippen molar-refractivity contribution in [3.05, 3.63) is 60.2 Å². The van der Waals surface area contributed by atoms with Crippen LogP contribution in [0.25, 0.3) is 0 Å². The summed E-state index contributed by atoms with van der Waals surface area (Å²) in [5.41, 5.74) is 1.31. The molecule has 1 fully saturated rings. The van der Waals surface area contributed by atoms with E-state index in [-0.39, 0.29) is 12.5 Å². The Bertz CT molecular complexity index is 915. The Labute approximate surface area is 152 Å². The predicted octanol–water partition coefficient (Wildman–Crippen LogP) is 4.19. The first kappa shape index (κ1) is 16.9. The molecule has 1 atom stereocenters. The highest BCUT2D eigenvalue weighted by Gasteiger charge is 2.55. The number of fused-ring (bicyclic) bond motifs is 3. The van der Waals surface area contributed by atoms with Gasteiger partial charge in [0.1, 0.15) is 0 Å². The molecule has 0 radical (unpaired) electrons. The second kappa shape index (κ2) is 6.29. The number of para-hydroxylation sites is 2. The Hall–Kier alpha value is -2.59.